The molecule has 74 valence electrons. The van der Waals surface area contributed by atoms with Crippen LogP contribution in [0.15, 0.2) is 0 Å². The van der Waals surface area contributed by atoms with Crippen molar-refractivity contribution in [3.05, 3.63) is 0 Å². The molecule has 2 nitrogen and oxygen atoms in total. The molecule has 0 aliphatic rings. The molecule has 1 unspecified atom stereocenters. The zero-order valence-corrected chi connectivity index (χ0v) is 7.94. The summed E-state index contributed by atoms with van der Waals surface area (Å²) < 4.78 is 26.4. The highest BCUT2D eigenvalue weighted by Gasteiger charge is 2.50. The zero-order valence-electron chi connectivity index (χ0n) is 7.94. The van der Waals surface area contributed by atoms with Gasteiger partial charge in [0.1, 0.15) is 6.10 Å². The third kappa shape index (κ3) is 2.14. The van der Waals surface area contributed by atoms with Gasteiger partial charge in [-0.25, -0.2) is 8.78 Å². The molecule has 0 saturated carbocycles. The van der Waals surface area contributed by atoms with Crippen molar-refractivity contribution in [2.45, 2.75) is 45.3 Å². The number of halogens is 2. The second-order valence-corrected chi connectivity index (χ2v) is 4.03. The minimum absolute atomic E-state index is 0.497. The molecule has 0 radical (unpaired) electrons. The number of hydrogen-bond acceptors (Lipinski definition) is 2. The molecule has 0 bridgehead atoms. The van der Waals surface area contributed by atoms with Crippen LogP contribution in [0.2, 0.25) is 0 Å². The molecule has 0 aromatic rings. The van der Waals surface area contributed by atoms with Crippen LogP contribution in [0.4, 0.5) is 8.78 Å². The highest BCUT2D eigenvalue weighted by atomic mass is 19.3. The molecule has 0 rings (SSSR count). The van der Waals surface area contributed by atoms with Crippen LogP contribution in [0.1, 0.15) is 27.7 Å². The van der Waals surface area contributed by atoms with E-state index in [4.69, 9.17) is 10.8 Å². The number of hydrogen-bond donors (Lipinski definition) is 2. The maximum absolute atomic E-state index is 13.2. The van der Waals surface area contributed by atoms with Crippen molar-refractivity contribution in [3.63, 3.8) is 0 Å². The third-order valence-corrected chi connectivity index (χ3v) is 1.86. The minimum atomic E-state index is -3.25. The zero-order chi connectivity index (χ0) is 10.2. The van der Waals surface area contributed by atoms with Gasteiger partial charge in [0.05, 0.1) is 5.54 Å². The van der Waals surface area contributed by atoms with E-state index in [0.717, 1.165) is 0 Å². The van der Waals surface area contributed by atoms with Crippen LogP contribution in [0.5, 0.6) is 0 Å². The van der Waals surface area contributed by atoms with Crippen LogP contribution < -0.4 is 5.73 Å². The summed E-state index contributed by atoms with van der Waals surface area (Å²) in [5.74, 6) is -3.75. The third-order valence-electron chi connectivity index (χ3n) is 1.86. The lowest BCUT2D eigenvalue weighted by atomic mass is 9.87. The van der Waals surface area contributed by atoms with Crippen molar-refractivity contribution in [2.24, 2.45) is 11.7 Å². The summed E-state index contributed by atoms with van der Waals surface area (Å²) in [6.45, 7) is 5.48. The maximum Gasteiger partial charge on any atom is 0.290 e. The number of aliphatic hydroxyl groups excluding tert-OH is 1. The lowest BCUT2D eigenvalue weighted by Gasteiger charge is -2.35. The van der Waals surface area contributed by atoms with Gasteiger partial charge in [0.15, 0.2) is 0 Å². The Morgan fingerprint density at radius 2 is 1.58 bits per heavy atom. The van der Waals surface area contributed by atoms with E-state index in [9.17, 15) is 8.78 Å². The van der Waals surface area contributed by atoms with Crippen molar-refractivity contribution < 1.29 is 13.9 Å². The van der Waals surface area contributed by atoms with Crippen molar-refractivity contribution in [1.82, 2.24) is 0 Å². The largest absolute Gasteiger partial charge is 0.387 e. The fourth-order valence-corrected chi connectivity index (χ4v) is 0.800. The van der Waals surface area contributed by atoms with Crippen molar-refractivity contribution in [1.29, 1.82) is 0 Å². The summed E-state index contributed by atoms with van der Waals surface area (Å²) in [5.41, 5.74) is 3.56. The normalized spacial score (nSPS) is 16.8. The molecule has 3 N–H and O–H groups in total. The SMILES string of the molecule is CC(C)C(O)C(F)(F)C(C)(C)N. The Morgan fingerprint density at radius 3 is 1.67 bits per heavy atom. The lowest BCUT2D eigenvalue weighted by molar-refractivity contribution is -0.163. The van der Waals surface area contributed by atoms with Crippen LogP contribution in [0.25, 0.3) is 0 Å². The first kappa shape index (κ1) is 11.8. The topological polar surface area (TPSA) is 46.2 Å². The van der Waals surface area contributed by atoms with Gasteiger partial charge in [-0.05, 0) is 19.8 Å². The molecule has 0 aromatic carbocycles. The van der Waals surface area contributed by atoms with Gasteiger partial charge in [0, 0.05) is 0 Å². The fourth-order valence-electron chi connectivity index (χ4n) is 0.800. The Bertz CT molecular complexity index is 152. The predicted molar refractivity (Wildman–Crippen MR) is 44.1 cm³/mol. The van der Waals surface area contributed by atoms with Gasteiger partial charge in [0.25, 0.3) is 5.92 Å². The molecular formula is C8H17F2NO. The minimum Gasteiger partial charge on any atom is -0.387 e. The van der Waals surface area contributed by atoms with E-state index in [-0.39, 0.29) is 0 Å². The summed E-state index contributed by atoms with van der Waals surface area (Å²) in [6.07, 6.45) is -1.68. The average Bonchev–Trinajstić information content (AvgIpc) is 1.83. The fraction of sp³-hybridized carbons (Fsp3) is 1.00. The second kappa shape index (κ2) is 3.26. The van der Waals surface area contributed by atoms with Gasteiger partial charge in [-0.1, -0.05) is 13.8 Å². The van der Waals surface area contributed by atoms with Gasteiger partial charge in [-0.15, -0.1) is 0 Å². The molecule has 0 aromatic heterocycles. The standard InChI is InChI=1S/C8H17F2NO/c1-5(2)6(12)8(9,10)7(3,4)11/h5-6,12H,11H2,1-4H3. The van der Waals surface area contributed by atoms with Gasteiger partial charge < -0.3 is 10.8 Å². The first-order valence-corrected chi connectivity index (χ1v) is 3.95. The van der Waals surface area contributed by atoms with E-state index in [0.29, 0.717) is 0 Å². The van der Waals surface area contributed by atoms with Crippen LogP contribution >= 0.6 is 0 Å². The Morgan fingerprint density at radius 1 is 1.25 bits per heavy atom. The summed E-state index contributed by atoms with van der Waals surface area (Å²) in [7, 11) is 0. The lowest BCUT2D eigenvalue weighted by Crippen LogP contribution is -2.58. The van der Waals surface area contributed by atoms with Crippen molar-refractivity contribution in [3.8, 4) is 0 Å². The average molecular weight is 181 g/mol. The van der Waals surface area contributed by atoms with E-state index in [2.05, 4.69) is 0 Å². The van der Waals surface area contributed by atoms with Crippen LogP contribution in [0.3, 0.4) is 0 Å². The Hall–Kier alpha value is -0.220. The number of nitrogens with two attached hydrogens (primary N) is 1. The predicted octanol–water partition coefficient (Wildman–Crippen LogP) is 1.38. The quantitative estimate of drug-likeness (QED) is 0.690. The monoisotopic (exact) mass is 181 g/mol. The highest BCUT2D eigenvalue weighted by Crippen LogP contribution is 2.32. The number of aliphatic hydroxyl groups is 1. The van der Waals surface area contributed by atoms with E-state index in [1.54, 1.807) is 0 Å². The Balaban J connectivity index is 4.61. The summed E-state index contributed by atoms with van der Waals surface area (Å²) in [6, 6.07) is 0. The number of alkyl halides is 2. The van der Waals surface area contributed by atoms with Crippen LogP contribution in [0, 0.1) is 5.92 Å². The Kier molecular flexibility index (Phi) is 3.20. The van der Waals surface area contributed by atoms with Crippen LogP contribution in [-0.4, -0.2) is 22.7 Å². The molecule has 1 atom stereocenters. The molecule has 0 saturated heterocycles. The summed E-state index contributed by atoms with van der Waals surface area (Å²) in [5, 5.41) is 9.16. The molecule has 0 fully saturated rings. The van der Waals surface area contributed by atoms with Crippen molar-refractivity contribution in [2.75, 3.05) is 0 Å². The van der Waals surface area contributed by atoms with Crippen molar-refractivity contribution >= 4 is 0 Å². The second-order valence-electron chi connectivity index (χ2n) is 4.03. The highest BCUT2D eigenvalue weighted by molar-refractivity contribution is 4.95. The molecule has 0 amide bonds. The Labute approximate surface area is 71.8 Å². The summed E-state index contributed by atoms with van der Waals surface area (Å²) >= 11 is 0. The van der Waals surface area contributed by atoms with Crippen LogP contribution in [-0.2, 0) is 0 Å². The molecule has 4 heteroatoms. The molecule has 0 aliphatic carbocycles. The molecule has 12 heavy (non-hydrogen) atoms. The molecule has 0 heterocycles. The molecular weight excluding hydrogens is 164 g/mol. The maximum atomic E-state index is 13.2. The smallest absolute Gasteiger partial charge is 0.290 e. The van der Waals surface area contributed by atoms with Gasteiger partial charge in [0.2, 0.25) is 0 Å². The van der Waals surface area contributed by atoms with Gasteiger partial charge in [-0.3, -0.25) is 0 Å². The molecule has 0 spiro atoms. The first-order chi connectivity index (χ1) is 5.10. The van der Waals surface area contributed by atoms with E-state index >= 15 is 0 Å². The van der Waals surface area contributed by atoms with Gasteiger partial charge in [-0.2, -0.15) is 0 Å². The number of rotatable bonds is 3. The van der Waals surface area contributed by atoms with E-state index in [1.165, 1.54) is 27.7 Å². The summed E-state index contributed by atoms with van der Waals surface area (Å²) in [4.78, 5) is 0. The molecule has 0 aliphatic heterocycles. The van der Waals surface area contributed by atoms with E-state index < -0.39 is 23.5 Å². The van der Waals surface area contributed by atoms with E-state index in [1.807, 2.05) is 0 Å². The van der Waals surface area contributed by atoms with Gasteiger partial charge >= 0.3 is 0 Å². The first-order valence-electron chi connectivity index (χ1n) is 3.95.